The largest absolute Gasteiger partial charge is 0.496 e. The van der Waals surface area contributed by atoms with Crippen LogP contribution in [-0.2, 0) is 17.8 Å². The van der Waals surface area contributed by atoms with Crippen molar-refractivity contribution in [1.82, 2.24) is 10.3 Å². The van der Waals surface area contributed by atoms with E-state index in [0.29, 0.717) is 0 Å². The Morgan fingerprint density at radius 2 is 1.88 bits per heavy atom. The summed E-state index contributed by atoms with van der Waals surface area (Å²) in [6.45, 7) is 5.21. The van der Waals surface area contributed by atoms with Crippen molar-refractivity contribution < 1.29 is 9.47 Å². The molecule has 0 bridgehead atoms. The van der Waals surface area contributed by atoms with E-state index >= 15 is 0 Å². The van der Waals surface area contributed by atoms with Gasteiger partial charge in [-0.2, -0.15) is 0 Å². The zero-order chi connectivity index (χ0) is 16.6. The molecule has 128 valence electrons. The monoisotopic (exact) mass is 327 g/mol. The highest BCUT2D eigenvalue weighted by Crippen LogP contribution is 2.22. The summed E-state index contributed by atoms with van der Waals surface area (Å²) in [5.74, 6) is 0.946. The molecule has 0 spiro atoms. The average Bonchev–Trinajstić information content (AvgIpc) is 2.64. The Balaban J connectivity index is 1.60. The minimum atomic E-state index is 0.745. The molecule has 0 radical (unpaired) electrons. The summed E-state index contributed by atoms with van der Waals surface area (Å²) in [7, 11) is 1.73. The van der Waals surface area contributed by atoms with Crippen LogP contribution in [0.1, 0.15) is 11.1 Å². The van der Waals surface area contributed by atoms with Gasteiger partial charge < -0.3 is 14.9 Å². The van der Waals surface area contributed by atoms with Gasteiger partial charge in [-0.25, -0.2) is 5.43 Å². The number of ether oxygens (including phenoxy) is 2. The molecule has 1 saturated heterocycles. The van der Waals surface area contributed by atoms with Crippen LogP contribution in [0.5, 0.6) is 5.75 Å². The van der Waals surface area contributed by atoms with Gasteiger partial charge in [0.2, 0.25) is 0 Å². The highest BCUT2D eigenvalue weighted by Gasteiger charge is 2.13. The molecule has 1 fully saturated rings. The van der Waals surface area contributed by atoms with Crippen LogP contribution in [0.4, 0.5) is 5.69 Å². The van der Waals surface area contributed by atoms with Gasteiger partial charge >= 0.3 is 0 Å². The van der Waals surface area contributed by atoms with E-state index in [0.717, 1.165) is 50.8 Å². The molecular weight excluding hydrogens is 302 g/mol. The van der Waals surface area contributed by atoms with Crippen LogP contribution in [0.2, 0.25) is 0 Å². The second-order valence-electron chi connectivity index (χ2n) is 5.88. The summed E-state index contributed by atoms with van der Waals surface area (Å²) >= 11 is 0. The first-order valence-corrected chi connectivity index (χ1v) is 8.35. The Hall–Kier alpha value is -2.08. The smallest absolute Gasteiger partial charge is 0.123 e. The Kier molecular flexibility index (Phi) is 6.07. The fourth-order valence-electron chi connectivity index (χ4n) is 2.84. The van der Waals surface area contributed by atoms with Crippen LogP contribution in [0, 0.1) is 0 Å². The predicted octanol–water partition coefficient (Wildman–Crippen LogP) is 2.64. The van der Waals surface area contributed by atoms with Gasteiger partial charge in [-0.05, 0) is 29.8 Å². The van der Waals surface area contributed by atoms with Crippen LogP contribution in [-0.4, -0.2) is 38.3 Å². The molecule has 5 heteroatoms. The van der Waals surface area contributed by atoms with Gasteiger partial charge in [0.25, 0.3) is 0 Å². The van der Waals surface area contributed by atoms with Crippen molar-refractivity contribution in [1.29, 1.82) is 0 Å². The molecule has 2 N–H and O–H groups in total. The summed E-state index contributed by atoms with van der Waals surface area (Å²) < 4.78 is 10.9. The standard InChI is InChI=1S/C19H25N3O2/c1-23-19-8-7-16(14-20-21-18-5-3-2-4-6-18)13-17(19)15-22-9-11-24-12-10-22/h2-8,13,20-21H,9-12,14-15H2,1H3. The lowest BCUT2D eigenvalue weighted by atomic mass is 10.1. The lowest BCUT2D eigenvalue weighted by Gasteiger charge is -2.27. The number of para-hydroxylation sites is 1. The van der Waals surface area contributed by atoms with E-state index in [-0.39, 0.29) is 0 Å². The number of nitrogens with one attached hydrogen (secondary N) is 2. The average molecular weight is 327 g/mol. The number of anilines is 1. The first-order chi connectivity index (χ1) is 11.8. The maximum Gasteiger partial charge on any atom is 0.123 e. The summed E-state index contributed by atoms with van der Waals surface area (Å²) in [6, 6.07) is 16.5. The second-order valence-corrected chi connectivity index (χ2v) is 5.88. The molecule has 0 atom stereocenters. The molecule has 1 aliphatic heterocycles. The third kappa shape index (κ3) is 4.71. The molecule has 3 rings (SSSR count). The maximum atomic E-state index is 5.52. The number of methoxy groups -OCH3 is 1. The molecule has 5 nitrogen and oxygen atoms in total. The van der Waals surface area contributed by atoms with Gasteiger partial charge in [-0.15, -0.1) is 0 Å². The van der Waals surface area contributed by atoms with Crippen LogP contribution in [0.15, 0.2) is 48.5 Å². The lowest BCUT2D eigenvalue weighted by molar-refractivity contribution is 0.0339. The van der Waals surface area contributed by atoms with E-state index in [1.54, 1.807) is 7.11 Å². The van der Waals surface area contributed by atoms with E-state index < -0.39 is 0 Å². The number of hydrogen-bond donors (Lipinski definition) is 2. The number of hydrazine groups is 1. The van der Waals surface area contributed by atoms with Gasteiger partial charge in [0.15, 0.2) is 0 Å². The van der Waals surface area contributed by atoms with Gasteiger partial charge in [0.1, 0.15) is 5.75 Å². The molecule has 2 aromatic carbocycles. The highest BCUT2D eigenvalue weighted by molar-refractivity contribution is 5.41. The zero-order valence-electron chi connectivity index (χ0n) is 14.1. The Labute approximate surface area is 143 Å². The molecule has 24 heavy (non-hydrogen) atoms. The minimum absolute atomic E-state index is 0.745. The predicted molar refractivity (Wildman–Crippen MR) is 96.0 cm³/mol. The van der Waals surface area contributed by atoms with Gasteiger partial charge in [-0.3, -0.25) is 4.90 Å². The SMILES string of the molecule is COc1ccc(CNNc2ccccc2)cc1CN1CCOCC1. The molecule has 1 heterocycles. The normalized spacial score (nSPS) is 15.2. The number of nitrogens with zero attached hydrogens (tertiary/aromatic N) is 1. The van der Waals surface area contributed by atoms with E-state index in [2.05, 4.69) is 34.0 Å². The lowest BCUT2D eigenvalue weighted by Crippen LogP contribution is -2.35. The fraction of sp³-hybridized carbons (Fsp3) is 0.368. The van der Waals surface area contributed by atoms with E-state index in [4.69, 9.17) is 9.47 Å². The summed E-state index contributed by atoms with van der Waals surface area (Å²) in [5.41, 5.74) is 9.98. The first kappa shape index (κ1) is 16.8. The summed E-state index contributed by atoms with van der Waals surface area (Å²) in [5, 5.41) is 0. The van der Waals surface area contributed by atoms with Gasteiger partial charge in [0, 0.05) is 37.4 Å². The molecule has 2 aromatic rings. The molecule has 0 saturated carbocycles. The van der Waals surface area contributed by atoms with Crippen molar-refractivity contribution in [3.8, 4) is 5.75 Å². The first-order valence-electron chi connectivity index (χ1n) is 8.35. The van der Waals surface area contributed by atoms with Crippen LogP contribution >= 0.6 is 0 Å². The Bertz CT molecular complexity index is 628. The van der Waals surface area contributed by atoms with E-state index in [1.807, 2.05) is 30.3 Å². The number of benzene rings is 2. The molecule has 0 aromatic heterocycles. The van der Waals surface area contributed by atoms with Crippen molar-refractivity contribution in [2.24, 2.45) is 0 Å². The highest BCUT2D eigenvalue weighted by atomic mass is 16.5. The van der Waals surface area contributed by atoms with Crippen LogP contribution < -0.4 is 15.6 Å². The molecule has 1 aliphatic rings. The van der Waals surface area contributed by atoms with Crippen molar-refractivity contribution in [2.45, 2.75) is 13.1 Å². The molecule has 0 unspecified atom stereocenters. The van der Waals surface area contributed by atoms with E-state index in [1.165, 1.54) is 11.1 Å². The summed E-state index contributed by atoms with van der Waals surface area (Å²) in [4.78, 5) is 2.40. The number of rotatable bonds is 7. The molecule has 0 aliphatic carbocycles. The van der Waals surface area contributed by atoms with Crippen molar-refractivity contribution in [3.63, 3.8) is 0 Å². The number of morpholine rings is 1. The molecule has 0 amide bonds. The quantitative estimate of drug-likeness (QED) is 0.766. The van der Waals surface area contributed by atoms with E-state index in [9.17, 15) is 0 Å². The Morgan fingerprint density at radius 3 is 2.62 bits per heavy atom. The van der Waals surface area contributed by atoms with Gasteiger partial charge in [-0.1, -0.05) is 24.3 Å². The molecular formula is C19H25N3O2. The number of hydrogen-bond acceptors (Lipinski definition) is 5. The zero-order valence-corrected chi connectivity index (χ0v) is 14.1. The second kappa shape index (κ2) is 8.68. The van der Waals surface area contributed by atoms with Crippen molar-refractivity contribution in [2.75, 3.05) is 38.8 Å². The summed E-state index contributed by atoms with van der Waals surface area (Å²) in [6.07, 6.45) is 0. The van der Waals surface area contributed by atoms with Gasteiger partial charge in [0.05, 0.1) is 20.3 Å². The topological polar surface area (TPSA) is 45.8 Å². The van der Waals surface area contributed by atoms with Crippen LogP contribution in [0.3, 0.4) is 0 Å². The maximum absolute atomic E-state index is 5.52. The fourth-order valence-corrected chi connectivity index (χ4v) is 2.84. The Morgan fingerprint density at radius 1 is 1.08 bits per heavy atom. The minimum Gasteiger partial charge on any atom is -0.496 e. The third-order valence-corrected chi connectivity index (χ3v) is 4.14. The van der Waals surface area contributed by atoms with Crippen molar-refractivity contribution >= 4 is 5.69 Å². The van der Waals surface area contributed by atoms with Crippen LogP contribution in [0.25, 0.3) is 0 Å². The third-order valence-electron chi connectivity index (χ3n) is 4.14. The van der Waals surface area contributed by atoms with Crippen molar-refractivity contribution in [3.05, 3.63) is 59.7 Å².